The van der Waals surface area contributed by atoms with Crippen molar-refractivity contribution >= 4 is 33.2 Å². The van der Waals surface area contributed by atoms with Gasteiger partial charge >= 0.3 is 6.18 Å². The highest BCUT2D eigenvalue weighted by Crippen LogP contribution is 2.36. The summed E-state index contributed by atoms with van der Waals surface area (Å²) in [4.78, 5) is 15.7. The zero-order valence-electron chi connectivity index (χ0n) is 10.4. The summed E-state index contributed by atoms with van der Waals surface area (Å²) in [7, 11) is 0. The molecule has 0 atom stereocenters. The molecular weight excluding hydrogens is 351 g/mol. The number of alkyl halides is 3. The Morgan fingerprint density at radius 1 is 1.29 bits per heavy atom. The zero-order valence-corrected chi connectivity index (χ0v) is 12.0. The summed E-state index contributed by atoms with van der Waals surface area (Å²) in [5, 5.41) is 2.20. The minimum Gasteiger partial charge on any atom is -0.398 e. The Balaban J connectivity index is 2.36. The van der Waals surface area contributed by atoms with Gasteiger partial charge in [0.2, 0.25) is 0 Å². The molecule has 3 N–H and O–H groups in total. The Labute approximate surface area is 126 Å². The summed E-state index contributed by atoms with van der Waals surface area (Å²) < 4.78 is 39.1. The lowest BCUT2D eigenvalue weighted by atomic mass is 10.1. The fraction of sp³-hybridized carbons (Fsp3) is 0.0769. The van der Waals surface area contributed by atoms with Crippen LogP contribution >= 0.6 is 15.9 Å². The van der Waals surface area contributed by atoms with Gasteiger partial charge in [0.05, 0.1) is 16.8 Å². The van der Waals surface area contributed by atoms with Crippen LogP contribution in [-0.2, 0) is 6.18 Å². The number of aromatic nitrogens is 1. The maximum Gasteiger partial charge on any atom is 0.418 e. The molecule has 110 valence electrons. The van der Waals surface area contributed by atoms with Crippen LogP contribution in [0.2, 0.25) is 0 Å². The van der Waals surface area contributed by atoms with E-state index in [0.717, 1.165) is 12.1 Å². The standard InChI is InChI=1S/C13H9BrF3N3O/c14-7-1-2-11(9(5-7)13(15,16)17)20-12(21)8-6-19-4-3-10(8)18/h1-6H,(H2,18,19)(H,20,21). The number of nitrogens with two attached hydrogens (primary N) is 1. The molecule has 1 aromatic carbocycles. The second-order valence-electron chi connectivity index (χ2n) is 4.10. The largest absolute Gasteiger partial charge is 0.418 e. The summed E-state index contributed by atoms with van der Waals surface area (Å²) in [6.45, 7) is 0. The minimum absolute atomic E-state index is 0.00791. The number of nitrogens with zero attached hydrogens (tertiary/aromatic N) is 1. The van der Waals surface area contributed by atoms with E-state index in [1.54, 1.807) is 0 Å². The fourth-order valence-electron chi connectivity index (χ4n) is 1.64. The van der Waals surface area contributed by atoms with Crippen LogP contribution in [0.4, 0.5) is 24.5 Å². The molecule has 0 aliphatic heterocycles. The molecule has 0 unspecified atom stereocenters. The lowest BCUT2D eigenvalue weighted by Gasteiger charge is -2.14. The Hall–Kier alpha value is -2.09. The number of halogens is 4. The van der Waals surface area contributed by atoms with E-state index in [4.69, 9.17) is 5.73 Å². The Kier molecular flexibility index (Phi) is 4.17. The number of nitrogen functional groups attached to an aromatic ring is 1. The highest BCUT2D eigenvalue weighted by molar-refractivity contribution is 9.10. The first-order valence-electron chi connectivity index (χ1n) is 5.66. The van der Waals surface area contributed by atoms with Crippen LogP contribution in [0.5, 0.6) is 0 Å². The van der Waals surface area contributed by atoms with Gasteiger partial charge in [-0.3, -0.25) is 9.78 Å². The third-order valence-electron chi connectivity index (χ3n) is 2.63. The summed E-state index contributed by atoms with van der Waals surface area (Å²) in [5.41, 5.74) is 4.43. The Morgan fingerprint density at radius 3 is 2.62 bits per heavy atom. The van der Waals surface area contributed by atoms with Gasteiger partial charge in [-0.25, -0.2) is 0 Å². The summed E-state index contributed by atoms with van der Waals surface area (Å²) >= 11 is 2.97. The predicted octanol–water partition coefficient (Wildman–Crippen LogP) is 3.70. The van der Waals surface area contributed by atoms with Crippen LogP contribution in [-0.4, -0.2) is 10.9 Å². The molecule has 1 heterocycles. The molecule has 1 amide bonds. The van der Waals surface area contributed by atoms with Crippen LogP contribution in [0, 0.1) is 0 Å². The van der Waals surface area contributed by atoms with Crippen LogP contribution in [0.1, 0.15) is 15.9 Å². The molecule has 0 radical (unpaired) electrons. The fourth-order valence-corrected chi connectivity index (χ4v) is 2.01. The van der Waals surface area contributed by atoms with Gasteiger partial charge in [0.15, 0.2) is 0 Å². The van der Waals surface area contributed by atoms with Gasteiger partial charge < -0.3 is 11.1 Å². The molecule has 0 spiro atoms. The molecule has 0 bridgehead atoms. The van der Waals surface area contributed by atoms with E-state index in [-0.39, 0.29) is 21.4 Å². The van der Waals surface area contributed by atoms with Crippen molar-refractivity contribution in [3.63, 3.8) is 0 Å². The van der Waals surface area contributed by atoms with Gasteiger partial charge in [-0.2, -0.15) is 13.2 Å². The summed E-state index contributed by atoms with van der Waals surface area (Å²) in [5.74, 6) is -0.756. The number of anilines is 2. The molecule has 1 aromatic heterocycles. The Bertz CT molecular complexity index is 689. The van der Waals surface area contributed by atoms with Gasteiger partial charge in [-0.05, 0) is 24.3 Å². The number of carbonyl (C=O) groups excluding carboxylic acids is 1. The number of rotatable bonds is 2. The average Bonchev–Trinajstić information content (AvgIpc) is 2.40. The van der Waals surface area contributed by atoms with Crippen molar-refractivity contribution in [1.82, 2.24) is 4.98 Å². The van der Waals surface area contributed by atoms with Crippen LogP contribution < -0.4 is 11.1 Å². The molecule has 2 rings (SSSR count). The third-order valence-corrected chi connectivity index (χ3v) is 3.13. The van der Waals surface area contributed by atoms with Crippen LogP contribution in [0.3, 0.4) is 0 Å². The summed E-state index contributed by atoms with van der Waals surface area (Å²) in [6.07, 6.45) is -2.02. The summed E-state index contributed by atoms with van der Waals surface area (Å²) in [6, 6.07) is 4.85. The van der Waals surface area contributed by atoms with Crippen molar-refractivity contribution in [3.05, 3.63) is 52.3 Å². The van der Waals surface area contributed by atoms with E-state index in [2.05, 4.69) is 26.2 Å². The number of hydrogen-bond acceptors (Lipinski definition) is 3. The Morgan fingerprint density at radius 2 is 2.00 bits per heavy atom. The molecule has 8 heteroatoms. The van der Waals surface area contributed by atoms with E-state index < -0.39 is 17.6 Å². The first-order valence-corrected chi connectivity index (χ1v) is 6.46. The van der Waals surface area contributed by atoms with E-state index >= 15 is 0 Å². The minimum atomic E-state index is -4.59. The van der Waals surface area contributed by atoms with Gasteiger partial charge in [-0.1, -0.05) is 15.9 Å². The normalized spacial score (nSPS) is 11.2. The third kappa shape index (κ3) is 3.52. The number of nitrogens with one attached hydrogen (secondary N) is 1. The highest BCUT2D eigenvalue weighted by Gasteiger charge is 2.34. The second kappa shape index (κ2) is 5.72. The van der Waals surface area contributed by atoms with E-state index in [1.165, 1.54) is 24.5 Å². The molecule has 21 heavy (non-hydrogen) atoms. The van der Waals surface area contributed by atoms with Crippen molar-refractivity contribution in [2.75, 3.05) is 11.1 Å². The zero-order chi connectivity index (χ0) is 15.6. The second-order valence-corrected chi connectivity index (χ2v) is 5.02. The highest BCUT2D eigenvalue weighted by atomic mass is 79.9. The lowest BCUT2D eigenvalue weighted by molar-refractivity contribution is -0.136. The molecular formula is C13H9BrF3N3O. The average molecular weight is 360 g/mol. The number of hydrogen-bond donors (Lipinski definition) is 2. The monoisotopic (exact) mass is 359 g/mol. The first kappa shape index (κ1) is 15.3. The van der Waals surface area contributed by atoms with Gasteiger partial charge in [0.25, 0.3) is 5.91 Å². The van der Waals surface area contributed by atoms with Gasteiger partial charge in [-0.15, -0.1) is 0 Å². The molecule has 0 aliphatic rings. The molecule has 2 aromatic rings. The van der Waals surface area contributed by atoms with E-state index in [1.807, 2.05) is 0 Å². The quantitative estimate of drug-likeness (QED) is 0.858. The van der Waals surface area contributed by atoms with Crippen molar-refractivity contribution in [1.29, 1.82) is 0 Å². The first-order chi connectivity index (χ1) is 9.79. The predicted molar refractivity (Wildman–Crippen MR) is 75.7 cm³/mol. The van der Waals surface area contributed by atoms with E-state index in [9.17, 15) is 18.0 Å². The van der Waals surface area contributed by atoms with Crippen LogP contribution in [0.25, 0.3) is 0 Å². The maximum atomic E-state index is 13.0. The van der Waals surface area contributed by atoms with Gasteiger partial charge in [0.1, 0.15) is 0 Å². The smallest absolute Gasteiger partial charge is 0.398 e. The molecule has 0 fully saturated rings. The lowest BCUT2D eigenvalue weighted by Crippen LogP contribution is -2.18. The van der Waals surface area contributed by atoms with Crippen molar-refractivity contribution in [2.24, 2.45) is 0 Å². The van der Waals surface area contributed by atoms with E-state index in [0.29, 0.717) is 0 Å². The van der Waals surface area contributed by atoms with Crippen molar-refractivity contribution in [3.8, 4) is 0 Å². The SMILES string of the molecule is Nc1ccncc1C(=O)Nc1ccc(Br)cc1C(F)(F)F. The number of carbonyl (C=O) groups is 1. The number of amides is 1. The molecule has 0 saturated carbocycles. The molecule has 4 nitrogen and oxygen atoms in total. The number of pyridine rings is 1. The van der Waals surface area contributed by atoms with Crippen LogP contribution in [0.15, 0.2) is 41.1 Å². The molecule has 0 saturated heterocycles. The van der Waals surface area contributed by atoms with Crippen molar-refractivity contribution in [2.45, 2.75) is 6.18 Å². The van der Waals surface area contributed by atoms with Crippen molar-refractivity contribution < 1.29 is 18.0 Å². The van der Waals surface area contributed by atoms with Gasteiger partial charge in [0, 0.05) is 22.6 Å². The topological polar surface area (TPSA) is 68.0 Å². The molecule has 0 aliphatic carbocycles. The maximum absolute atomic E-state index is 13.0. The number of benzene rings is 1.